The molecule has 8 heteroatoms. The summed E-state index contributed by atoms with van der Waals surface area (Å²) in [7, 11) is -2.23. The van der Waals surface area contributed by atoms with Crippen LogP contribution in [0.3, 0.4) is 0 Å². The zero-order valence-electron chi connectivity index (χ0n) is 6.71. The number of hydrogen-bond acceptors (Lipinski definition) is 7. The van der Waals surface area contributed by atoms with Crippen molar-refractivity contribution in [3.05, 3.63) is 0 Å². The minimum Gasteiger partial charge on any atom is -0.435 e. The van der Waals surface area contributed by atoms with Gasteiger partial charge in [-0.2, -0.15) is 0 Å². The number of carbonyl (C=O) groups is 1. The van der Waals surface area contributed by atoms with Crippen LogP contribution in [0.5, 0.6) is 0 Å². The number of rotatable bonds is 7. The van der Waals surface area contributed by atoms with Crippen molar-refractivity contribution in [3.63, 3.8) is 0 Å². The SMILES string of the molecule is O=C(C[P+](=O)OCO)OCOCO. The Morgan fingerprint density at radius 3 is 2.54 bits per heavy atom. The smallest absolute Gasteiger partial charge is 0.435 e. The molecule has 76 valence electrons. The first-order valence-electron chi connectivity index (χ1n) is 3.23. The summed E-state index contributed by atoms with van der Waals surface area (Å²) in [4.78, 5) is 10.7. The molecule has 7 nitrogen and oxygen atoms in total. The summed E-state index contributed by atoms with van der Waals surface area (Å²) in [5.41, 5.74) is 0. The van der Waals surface area contributed by atoms with Crippen molar-refractivity contribution < 1.29 is 33.6 Å². The van der Waals surface area contributed by atoms with Gasteiger partial charge >= 0.3 is 14.0 Å². The fourth-order valence-electron chi connectivity index (χ4n) is 0.406. The molecule has 1 unspecified atom stereocenters. The Morgan fingerprint density at radius 1 is 1.31 bits per heavy atom. The van der Waals surface area contributed by atoms with Crippen molar-refractivity contribution >= 4 is 14.0 Å². The molecule has 0 saturated carbocycles. The van der Waals surface area contributed by atoms with E-state index in [1.165, 1.54) is 0 Å². The van der Waals surface area contributed by atoms with Gasteiger partial charge < -0.3 is 19.7 Å². The third-order valence-corrected chi connectivity index (χ3v) is 1.77. The molecule has 0 rings (SSSR count). The lowest BCUT2D eigenvalue weighted by atomic mass is 10.8. The summed E-state index contributed by atoms with van der Waals surface area (Å²) in [6.45, 7) is -1.68. The van der Waals surface area contributed by atoms with E-state index < -0.39 is 40.5 Å². The maximum Gasteiger partial charge on any atom is 0.522 e. The van der Waals surface area contributed by atoms with Crippen molar-refractivity contribution in [1.82, 2.24) is 0 Å². The molecule has 0 aromatic rings. The van der Waals surface area contributed by atoms with Crippen LogP contribution in [0.25, 0.3) is 0 Å². The number of carbonyl (C=O) groups excluding carboxylic acids is 1. The van der Waals surface area contributed by atoms with E-state index >= 15 is 0 Å². The molecule has 13 heavy (non-hydrogen) atoms. The predicted molar refractivity (Wildman–Crippen MR) is 39.8 cm³/mol. The molecule has 0 fully saturated rings. The van der Waals surface area contributed by atoms with E-state index in [2.05, 4.69) is 14.0 Å². The van der Waals surface area contributed by atoms with Gasteiger partial charge in [0.15, 0.2) is 13.6 Å². The maximum absolute atomic E-state index is 10.7. The van der Waals surface area contributed by atoms with Gasteiger partial charge in [0.25, 0.3) is 6.16 Å². The first-order valence-corrected chi connectivity index (χ1v) is 4.59. The number of ether oxygens (including phenoxy) is 2. The summed E-state index contributed by atoms with van der Waals surface area (Å²) in [5.74, 6) is -0.789. The molecule has 0 amide bonds. The zero-order chi connectivity index (χ0) is 10.1. The second-order valence-corrected chi connectivity index (χ2v) is 2.96. The third-order valence-electron chi connectivity index (χ3n) is 0.854. The van der Waals surface area contributed by atoms with Gasteiger partial charge in [-0.25, -0.2) is 4.79 Å². The minimum absolute atomic E-state index is 0.405. The Morgan fingerprint density at radius 2 is 2.00 bits per heavy atom. The summed E-state index contributed by atoms with van der Waals surface area (Å²) >= 11 is 0. The quantitative estimate of drug-likeness (QED) is 0.246. The van der Waals surface area contributed by atoms with Crippen LogP contribution < -0.4 is 0 Å². The van der Waals surface area contributed by atoms with Crippen LogP contribution in [0.15, 0.2) is 0 Å². The van der Waals surface area contributed by atoms with E-state index in [4.69, 9.17) is 10.2 Å². The second-order valence-electron chi connectivity index (χ2n) is 1.72. The monoisotopic (exact) mass is 213 g/mol. The molecule has 0 aliphatic rings. The lowest BCUT2D eigenvalue weighted by Crippen LogP contribution is -2.11. The average Bonchev–Trinajstić information content (AvgIpc) is 2.05. The Labute approximate surface area is 75.1 Å². The van der Waals surface area contributed by atoms with Gasteiger partial charge in [0.2, 0.25) is 0 Å². The lowest BCUT2D eigenvalue weighted by Gasteiger charge is -1.98. The lowest BCUT2D eigenvalue weighted by molar-refractivity contribution is -0.160. The second kappa shape index (κ2) is 8.03. The molecule has 0 spiro atoms. The van der Waals surface area contributed by atoms with Crippen molar-refractivity contribution in [3.8, 4) is 0 Å². The van der Waals surface area contributed by atoms with Crippen LogP contribution in [-0.4, -0.2) is 42.7 Å². The van der Waals surface area contributed by atoms with Gasteiger partial charge in [-0.3, -0.25) is 0 Å². The standard InChI is InChI=1S/C5H10O7P/c6-2-10-4-11-5(8)1-13(9)12-3-7/h6-7H,1-4H2/q+1. The van der Waals surface area contributed by atoms with Crippen molar-refractivity contribution in [1.29, 1.82) is 0 Å². The Balaban J connectivity index is 3.44. The van der Waals surface area contributed by atoms with Crippen molar-refractivity contribution in [2.45, 2.75) is 0 Å². The minimum atomic E-state index is -2.23. The first-order chi connectivity index (χ1) is 6.20. The summed E-state index contributed by atoms with van der Waals surface area (Å²) in [5, 5.41) is 16.3. The van der Waals surface area contributed by atoms with E-state index in [0.29, 0.717) is 0 Å². The van der Waals surface area contributed by atoms with E-state index in [-0.39, 0.29) is 0 Å². The molecule has 2 N–H and O–H groups in total. The number of esters is 1. The molecule has 0 aliphatic carbocycles. The molecular weight excluding hydrogens is 203 g/mol. The Bertz CT molecular complexity index is 170. The van der Waals surface area contributed by atoms with Gasteiger partial charge in [0.05, 0.1) is 0 Å². The summed E-state index contributed by atoms with van der Waals surface area (Å²) in [6, 6.07) is 0. The molecule has 0 saturated heterocycles. The molecule has 0 aliphatic heterocycles. The largest absolute Gasteiger partial charge is 0.522 e. The average molecular weight is 213 g/mol. The first kappa shape index (κ1) is 12.4. The topological polar surface area (TPSA) is 102 Å². The highest BCUT2D eigenvalue weighted by atomic mass is 31.1. The summed E-state index contributed by atoms with van der Waals surface area (Å²) < 4.78 is 23.5. The van der Waals surface area contributed by atoms with Crippen LogP contribution in [0.2, 0.25) is 0 Å². The third kappa shape index (κ3) is 7.76. The van der Waals surface area contributed by atoms with Gasteiger partial charge in [-0.15, -0.1) is 4.52 Å². The van der Waals surface area contributed by atoms with Crippen molar-refractivity contribution in [2.75, 3.05) is 26.5 Å². The van der Waals surface area contributed by atoms with Crippen LogP contribution in [0, 0.1) is 0 Å². The molecule has 0 heterocycles. The van der Waals surface area contributed by atoms with Gasteiger partial charge in [0.1, 0.15) is 6.79 Å². The number of hydrogen-bond donors (Lipinski definition) is 2. The fourth-order valence-corrected chi connectivity index (χ4v) is 0.928. The number of aliphatic hydroxyl groups excluding tert-OH is 2. The Kier molecular flexibility index (Phi) is 7.66. The van der Waals surface area contributed by atoms with Crippen molar-refractivity contribution in [2.24, 2.45) is 0 Å². The van der Waals surface area contributed by atoms with Gasteiger partial charge in [-0.1, -0.05) is 0 Å². The predicted octanol–water partition coefficient (Wildman–Crippen LogP) is -0.838. The molecule has 0 bridgehead atoms. The van der Waals surface area contributed by atoms with Crippen LogP contribution in [0.1, 0.15) is 0 Å². The highest BCUT2D eigenvalue weighted by Gasteiger charge is 2.23. The molecule has 1 atom stereocenters. The van der Waals surface area contributed by atoms with Crippen LogP contribution in [0.4, 0.5) is 0 Å². The van der Waals surface area contributed by atoms with E-state index in [1.807, 2.05) is 0 Å². The summed E-state index contributed by atoms with van der Waals surface area (Å²) in [6.07, 6.45) is -0.454. The highest BCUT2D eigenvalue weighted by Crippen LogP contribution is 2.20. The molecule has 0 radical (unpaired) electrons. The van der Waals surface area contributed by atoms with Crippen LogP contribution >= 0.6 is 8.03 Å². The molecular formula is C5H10O7P+. The van der Waals surface area contributed by atoms with Crippen LogP contribution in [-0.2, 0) is 23.4 Å². The maximum atomic E-state index is 10.7. The van der Waals surface area contributed by atoms with E-state index in [9.17, 15) is 9.36 Å². The van der Waals surface area contributed by atoms with Gasteiger partial charge in [0, 0.05) is 0 Å². The van der Waals surface area contributed by atoms with E-state index in [1.54, 1.807) is 0 Å². The molecule has 0 aromatic heterocycles. The fraction of sp³-hybridized carbons (Fsp3) is 0.800. The zero-order valence-corrected chi connectivity index (χ0v) is 7.61. The molecule has 0 aromatic carbocycles. The highest BCUT2D eigenvalue weighted by molar-refractivity contribution is 7.40. The Hall–Kier alpha value is -0.590. The normalized spacial score (nSPS) is 11.1. The van der Waals surface area contributed by atoms with Gasteiger partial charge in [-0.05, 0) is 4.57 Å². The number of aliphatic hydroxyl groups is 2. The van der Waals surface area contributed by atoms with E-state index in [0.717, 1.165) is 0 Å².